The molecule has 1 aromatic rings. The average Bonchev–Trinajstić information content (AvgIpc) is 2.28. The van der Waals surface area contributed by atoms with Crippen LogP contribution in [0.15, 0.2) is 18.2 Å². The van der Waals surface area contributed by atoms with E-state index in [9.17, 15) is 17.2 Å². The van der Waals surface area contributed by atoms with Crippen molar-refractivity contribution in [3.8, 4) is 0 Å². The van der Waals surface area contributed by atoms with Crippen molar-refractivity contribution in [2.45, 2.75) is 25.1 Å². The molecule has 1 aromatic carbocycles. The largest absolute Gasteiger partial charge is 0.309 e. The molecule has 102 valence electrons. The highest BCUT2D eigenvalue weighted by Gasteiger charge is 2.29. The predicted molar refractivity (Wildman–Crippen MR) is 67.1 cm³/mol. The van der Waals surface area contributed by atoms with Gasteiger partial charge in [0.15, 0.2) is 21.5 Å². The first kappa shape index (κ1) is 15.0. The van der Waals surface area contributed by atoms with Gasteiger partial charge < -0.3 is 5.32 Å². The van der Waals surface area contributed by atoms with Crippen LogP contribution in [0.25, 0.3) is 0 Å². The minimum Gasteiger partial charge on any atom is -0.309 e. The molecule has 18 heavy (non-hydrogen) atoms. The molecule has 0 heterocycles. The lowest BCUT2D eigenvalue weighted by molar-refractivity contribution is 0.456. The molecule has 0 aromatic heterocycles. The number of benzene rings is 1. The van der Waals surface area contributed by atoms with Crippen molar-refractivity contribution in [2.24, 2.45) is 0 Å². The van der Waals surface area contributed by atoms with E-state index in [-0.39, 0.29) is 5.56 Å². The summed E-state index contributed by atoms with van der Waals surface area (Å²) in [6.45, 7) is 3.71. The Morgan fingerprint density at radius 1 is 1.33 bits per heavy atom. The first-order valence-electron chi connectivity index (χ1n) is 5.65. The highest BCUT2D eigenvalue weighted by molar-refractivity contribution is 7.91. The maximum absolute atomic E-state index is 13.7. The standard InChI is InChI=1S/C12H17F2NO2S/c1-4-15-12(8(2)18(3,16)17)9-6-5-7-10(13)11(9)14/h5-8,12,15H,4H2,1-3H3. The molecule has 2 atom stereocenters. The Bertz CT molecular complexity index is 517. The second-order valence-electron chi connectivity index (χ2n) is 4.21. The zero-order valence-electron chi connectivity index (χ0n) is 10.6. The van der Waals surface area contributed by atoms with Crippen LogP contribution in [-0.4, -0.2) is 26.5 Å². The second-order valence-corrected chi connectivity index (χ2v) is 6.62. The van der Waals surface area contributed by atoms with Crippen molar-refractivity contribution >= 4 is 9.84 Å². The zero-order valence-corrected chi connectivity index (χ0v) is 11.4. The lowest BCUT2D eigenvalue weighted by atomic mass is 10.0. The molecule has 0 radical (unpaired) electrons. The van der Waals surface area contributed by atoms with Gasteiger partial charge in [0.25, 0.3) is 0 Å². The van der Waals surface area contributed by atoms with Gasteiger partial charge in [-0.2, -0.15) is 0 Å². The number of sulfone groups is 1. The van der Waals surface area contributed by atoms with Crippen molar-refractivity contribution in [1.82, 2.24) is 5.32 Å². The maximum atomic E-state index is 13.7. The summed E-state index contributed by atoms with van der Waals surface area (Å²) in [5.74, 6) is -1.98. The van der Waals surface area contributed by atoms with E-state index in [0.29, 0.717) is 6.54 Å². The van der Waals surface area contributed by atoms with Crippen LogP contribution in [0.2, 0.25) is 0 Å². The number of hydrogen-bond acceptors (Lipinski definition) is 3. The van der Waals surface area contributed by atoms with Crippen molar-refractivity contribution < 1.29 is 17.2 Å². The predicted octanol–water partition coefficient (Wildman–Crippen LogP) is 2.05. The number of rotatable bonds is 5. The van der Waals surface area contributed by atoms with Crippen LogP contribution in [0.4, 0.5) is 8.78 Å². The van der Waals surface area contributed by atoms with E-state index in [2.05, 4.69) is 5.32 Å². The van der Waals surface area contributed by atoms with E-state index >= 15 is 0 Å². The van der Waals surface area contributed by atoms with E-state index < -0.39 is 32.8 Å². The van der Waals surface area contributed by atoms with Crippen LogP contribution >= 0.6 is 0 Å². The maximum Gasteiger partial charge on any atom is 0.163 e. The minimum absolute atomic E-state index is 0.0368. The molecule has 6 heteroatoms. The SMILES string of the molecule is CCNC(c1cccc(F)c1F)C(C)S(C)(=O)=O. The quantitative estimate of drug-likeness (QED) is 0.896. The van der Waals surface area contributed by atoms with E-state index in [0.717, 1.165) is 12.3 Å². The van der Waals surface area contributed by atoms with Gasteiger partial charge in [-0.15, -0.1) is 0 Å². The number of hydrogen-bond donors (Lipinski definition) is 1. The molecule has 2 unspecified atom stereocenters. The Labute approximate surface area is 106 Å². The molecule has 0 aliphatic heterocycles. The summed E-state index contributed by atoms with van der Waals surface area (Å²) in [6.07, 6.45) is 1.08. The Hall–Kier alpha value is -1.01. The third kappa shape index (κ3) is 3.26. The smallest absolute Gasteiger partial charge is 0.163 e. The third-order valence-electron chi connectivity index (χ3n) is 2.89. The lowest BCUT2D eigenvalue weighted by Crippen LogP contribution is -2.35. The number of nitrogens with one attached hydrogen (secondary N) is 1. The minimum atomic E-state index is -3.35. The van der Waals surface area contributed by atoms with Gasteiger partial charge >= 0.3 is 0 Å². The first-order valence-corrected chi connectivity index (χ1v) is 7.60. The summed E-state index contributed by atoms with van der Waals surface area (Å²) >= 11 is 0. The van der Waals surface area contributed by atoms with Gasteiger partial charge in [0.1, 0.15) is 0 Å². The van der Waals surface area contributed by atoms with Crippen molar-refractivity contribution in [3.05, 3.63) is 35.4 Å². The van der Waals surface area contributed by atoms with Crippen LogP contribution < -0.4 is 5.32 Å². The van der Waals surface area contributed by atoms with E-state index in [1.165, 1.54) is 19.1 Å². The molecule has 3 nitrogen and oxygen atoms in total. The van der Waals surface area contributed by atoms with Crippen LogP contribution in [-0.2, 0) is 9.84 Å². The van der Waals surface area contributed by atoms with Crippen LogP contribution in [0, 0.1) is 11.6 Å². The Kier molecular flexibility index (Phi) is 4.81. The van der Waals surface area contributed by atoms with Gasteiger partial charge in [-0.05, 0) is 19.5 Å². The fourth-order valence-corrected chi connectivity index (χ4v) is 2.49. The normalized spacial score (nSPS) is 15.4. The molecule has 0 spiro atoms. The van der Waals surface area contributed by atoms with Crippen LogP contribution in [0.3, 0.4) is 0 Å². The van der Waals surface area contributed by atoms with Gasteiger partial charge in [-0.25, -0.2) is 17.2 Å². The lowest BCUT2D eigenvalue weighted by Gasteiger charge is -2.24. The number of halogens is 2. The molecule has 0 saturated carbocycles. The van der Waals surface area contributed by atoms with Crippen molar-refractivity contribution in [2.75, 3.05) is 12.8 Å². The second kappa shape index (κ2) is 5.75. The van der Waals surface area contributed by atoms with E-state index in [1.807, 2.05) is 0 Å². The summed E-state index contributed by atoms with van der Waals surface area (Å²) in [4.78, 5) is 0. The molecule has 0 fully saturated rings. The molecule has 0 saturated heterocycles. The van der Waals surface area contributed by atoms with Crippen LogP contribution in [0.5, 0.6) is 0 Å². The third-order valence-corrected chi connectivity index (χ3v) is 4.51. The Morgan fingerprint density at radius 3 is 2.44 bits per heavy atom. The van der Waals surface area contributed by atoms with Crippen LogP contribution in [0.1, 0.15) is 25.5 Å². The van der Waals surface area contributed by atoms with Gasteiger partial charge in [0.05, 0.1) is 11.3 Å². The summed E-state index contributed by atoms with van der Waals surface area (Å²) in [5, 5.41) is 2.05. The Morgan fingerprint density at radius 2 is 1.94 bits per heavy atom. The summed E-state index contributed by atoms with van der Waals surface area (Å²) < 4.78 is 50.0. The Balaban J connectivity index is 3.24. The molecule has 0 amide bonds. The first-order chi connectivity index (χ1) is 8.29. The van der Waals surface area contributed by atoms with Gasteiger partial charge in [-0.1, -0.05) is 19.1 Å². The van der Waals surface area contributed by atoms with E-state index in [1.54, 1.807) is 6.92 Å². The highest BCUT2D eigenvalue weighted by Crippen LogP contribution is 2.25. The monoisotopic (exact) mass is 277 g/mol. The molecule has 0 aliphatic rings. The molecule has 1 N–H and O–H groups in total. The fourth-order valence-electron chi connectivity index (χ4n) is 1.76. The van der Waals surface area contributed by atoms with Crippen molar-refractivity contribution in [1.29, 1.82) is 0 Å². The molecule has 1 rings (SSSR count). The molecular weight excluding hydrogens is 260 g/mol. The molecule has 0 aliphatic carbocycles. The van der Waals surface area contributed by atoms with Crippen molar-refractivity contribution in [3.63, 3.8) is 0 Å². The average molecular weight is 277 g/mol. The fraction of sp³-hybridized carbons (Fsp3) is 0.500. The van der Waals surface area contributed by atoms with E-state index in [4.69, 9.17) is 0 Å². The summed E-state index contributed by atoms with van der Waals surface area (Å²) in [7, 11) is -3.35. The topological polar surface area (TPSA) is 46.2 Å². The molecular formula is C12H17F2NO2S. The van der Waals surface area contributed by atoms with Gasteiger partial charge in [0, 0.05) is 11.8 Å². The van der Waals surface area contributed by atoms with Gasteiger partial charge in [-0.3, -0.25) is 0 Å². The summed E-state index contributed by atoms with van der Waals surface area (Å²) in [6, 6.07) is 3.01. The zero-order chi connectivity index (χ0) is 13.9. The molecule has 0 bridgehead atoms. The van der Waals surface area contributed by atoms with Gasteiger partial charge in [0.2, 0.25) is 0 Å². The summed E-state index contributed by atoms with van der Waals surface area (Å²) in [5.41, 5.74) is 0.0368. The highest BCUT2D eigenvalue weighted by atomic mass is 32.2.